The Hall–Kier alpha value is -0.0800. The van der Waals surface area contributed by atoms with Crippen molar-refractivity contribution in [2.45, 2.75) is 46.6 Å². The predicted octanol–water partition coefficient (Wildman–Crippen LogP) is 2.78. The van der Waals surface area contributed by atoms with Crippen molar-refractivity contribution in [3.63, 3.8) is 0 Å². The van der Waals surface area contributed by atoms with Crippen molar-refractivity contribution in [2.75, 3.05) is 26.3 Å². The smallest absolute Gasteiger partial charge is 0.0509 e. The first-order chi connectivity index (χ1) is 7.27. The van der Waals surface area contributed by atoms with E-state index in [0.29, 0.717) is 6.04 Å². The average Bonchev–Trinajstić information content (AvgIpc) is 2.31. The van der Waals surface area contributed by atoms with E-state index in [4.69, 9.17) is 4.74 Å². The van der Waals surface area contributed by atoms with Crippen LogP contribution in [0, 0.1) is 11.8 Å². The summed E-state index contributed by atoms with van der Waals surface area (Å²) >= 11 is 0. The lowest BCUT2D eigenvalue weighted by Gasteiger charge is -2.42. The second-order valence-electron chi connectivity index (χ2n) is 4.76. The molecule has 2 unspecified atom stereocenters. The highest BCUT2D eigenvalue weighted by Crippen LogP contribution is 2.30. The van der Waals surface area contributed by atoms with Gasteiger partial charge in [0.1, 0.15) is 0 Å². The number of rotatable bonds is 1. The molecule has 0 aromatic heterocycles. The van der Waals surface area contributed by atoms with Gasteiger partial charge in [-0.05, 0) is 45.1 Å². The molecule has 2 aliphatic rings. The van der Waals surface area contributed by atoms with Gasteiger partial charge in [0.25, 0.3) is 0 Å². The van der Waals surface area contributed by atoms with Crippen LogP contribution in [0.5, 0.6) is 0 Å². The zero-order valence-corrected chi connectivity index (χ0v) is 10.8. The average molecular weight is 213 g/mol. The van der Waals surface area contributed by atoms with Gasteiger partial charge in [0.15, 0.2) is 0 Å². The Bertz CT molecular complexity index is 170. The summed E-state index contributed by atoms with van der Waals surface area (Å²) in [5.41, 5.74) is 0. The van der Waals surface area contributed by atoms with Crippen molar-refractivity contribution in [3.8, 4) is 0 Å². The van der Waals surface area contributed by atoms with Gasteiger partial charge >= 0.3 is 0 Å². The fourth-order valence-electron chi connectivity index (χ4n) is 2.62. The van der Waals surface area contributed by atoms with Crippen LogP contribution < -0.4 is 0 Å². The maximum absolute atomic E-state index is 5.54. The molecular formula is C13H27NO. The molecule has 0 spiro atoms. The Balaban J connectivity index is 0.000000531. The summed E-state index contributed by atoms with van der Waals surface area (Å²) in [4.78, 5) is 2.59. The van der Waals surface area contributed by atoms with Crippen LogP contribution in [-0.2, 0) is 4.74 Å². The quantitative estimate of drug-likeness (QED) is 0.664. The monoisotopic (exact) mass is 213 g/mol. The molecule has 0 saturated carbocycles. The fourth-order valence-corrected chi connectivity index (χ4v) is 2.62. The molecule has 2 heterocycles. The molecule has 0 aromatic carbocycles. The summed E-state index contributed by atoms with van der Waals surface area (Å²) in [5, 5.41) is 0. The first-order valence-corrected chi connectivity index (χ1v) is 6.59. The fraction of sp³-hybridized carbons (Fsp3) is 1.00. The van der Waals surface area contributed by atoms with Gasteiger partial charge in [-0.15, -0.1) is 0 Å². The second-order valence-corrected chi connectivity index (χ2v) is 4.76. The van der Waals surface area contributed by atoms with Crippen LogP contribution in [0.4, 0.5) is 0 Å². The molecule has 2 saturated heterocycles. The molecule has 2 heteroatoms. The van der Waals surface area contributed by atoms with E-state index >= 15 is 0 Å². The van der Waals surface area contributed by atoms with Crippen LogP contribution >= 0.6 is 0 Å². The third kappa shape index (κ3) is 3.46. The van der Waals surface area contributed by atoms with Crippen molar-refractivity contribution in [1.82, 2.24) is 4.90 Å². The molecule has 2 rings (SSSR count). The number of hydrogen-bond donors (Lipinski definition) is 0. The van der Waals surface area contributed by atoms with Crippen molar-refractivity contribution in [2.24, 2.45) is 11.8 Å². The molecular weight excluding hydrogens is 186 g/mol. The van der Waals surface area contributed by atoms with E-state index in [-0.39, 0.29) is 0 Å². The van der Waals surface area contributed by atoms with Crippen LogP contribution in [0.2, 0.25) is 0 Å². The normalized spacial score (nSPS) is 31.8. The van der Waals surface area contributed by atoms with Crippen molar-refractivity contribution >= 4 is 0 Å². The minimum Gasteiger partial charge on any atom is -0.381 e. The first-order valence-electron chi connectivity index (χ1n) is 6.59. The minimum absolute atomic E-state index is 0.711. The summed E-state index contributed by atoms with van der Waals surface area (Å²) in [5.74, 6) is 1.79. The molecule has 0 amide bonds. The van der Waals surface area contributed by atoms with Crippen molar-refractivity contribution < 1.29 is 4.74 Å². The highest BCUT2D eigenvalue weighted by Gasteiger charge is 2.32. The van der Waals surface area contributed by atoms with Crippen LogP contribution in [0.15, 0.2) is 0 Å². The third-order valence-corrected chi connectivity index (χ3v) is 3.62. The molecule has 0 radical (unpaired) electrons. The maximum atomic E-state index is 5.54. The van der Waals surface area contributed by atoms with Crippen LogP contribution in [0.25, 0.3) is 0 Å². The molecule has 2 fully saturated rings. The summed E-state index contributed by atoms with van der Waals surface area (Å²) in [6, 6.07) is 0.711. The maximum Gasteiger partial charge on any atom is 0.0509 e. The van der Waals surface area contributed by atoms with Crippen LogP contribution in [0.1, 0.15) is 40.5 Å². The van der Waals surface area contributed by atoms with Gasteiger partial charge in [0, 0.05) is 19.2 Å². The van der Waals surface area contributed by atoms with Crippen molar-refractivity contribution in [3.05, 3.63) is 0 Å². The molecule has 15 heavy (non-hydrogen) atoms. The highest BCUT2D eigenvalue weighted by atomic mass is 16.5. The third-order valence-electron chi connectivity index (χ3n) is 3.62. The standard InChI is InChI=1S/C11H21NO.C2H6/c1-9(2)12-5-3-10-4-6-13-8-11(10)7-12;1-2/h9-11H,3-8H2,1-2H3;1-2H3. The molecule has 0 aromatic rings. The highest BCUT2D eigenvalue weighted by molar-refractivity contribution is 4.83. The van der Waals surface area contributed by atoms with Gasteiger partial charge in [0.05, 0.1) is 6.61 Å². The van der Waals surface area contributed by atoms with Crippen molar-refractivity contribution in [1.29, 1.82) is 0 Å². The molecule has 2 nitrogen and oxygen atoms in total. The molecule has 0 bridgehead atoms. The lowest BCUT2D eigenvalue weighted by atomic mass is 9.82. The molecule has 2 aliphatic heterocycles. The molecule has 90 valence electrons. The number of piperidine rings is 1. The number of hydrogen-bond acceptors (Lipinski definition) is 2. The lowest BCUT2D eigenvalue weighted by molar-refractivity contribution is -0.0306. The number of fused-ring (bicyclic) bond motifs is 1. The van der Waals surface area contributed by atoms with Gasteiger partial charge in [-0.1, -0.05) is 13.8 Å². The van der Waals surface area contributed by atoms with E-state index in [2.05, 4.69) is 18.7 Å². The summed E-state index contributed by atoms with van der Waals surface area (Å²) in [7, 11) is 0. The molecule has 0 aliphatic carbocycles. The Morgan fingerprint density at radius 1 is 1.13 bits per heavy atom. The second kappa shape index (κ2) is 6.49. The van der Waals surface area contributed by atoms with Gasteiger partial charge in [-0.25, -0.2) is 0 Å². The molecule has 2 atom stereocenters. The Labute approximate surface area is 95.0 Å². The Morgan fingerprint density at radius 3 is 2.53 bits per heavy atom. The lowest BCUT2D eigenvalue weighted by Crippen LogP contribution is -2.47. The zero-order chi connectivity index (χ0) is 11.3. The summed E-state index contributed by atoms with van der Waals surface area (Å²) in [6.45, 7) is 13.2. The van der Waals surface area contributed by atoms with Crippen LogP contribution in [-0.4, -0.2) is 37.2 Å². The minimum atomic E-state index is 0.711. The van der Waals surface area contributed by atoms with E-state index in [1.54, 1.807) is 0 Å². The van der Waals surface area contributed by atoms with Gasteiger partial charge in [-0.3, -0.25) is 0 Å². The van der Waals surface area contributed by atoms with Gasteiger partial charge < -0.3 is 9.64 Å². The molecule has 0 N–H and O–H groups in total. The largest absolute Gasteiger partial charge is 0.381 e. The SMILES string of the molecule is CC.CC(C)N1CCC2CCOCC2C1. The summed E-state index contributed by atoms with van der Waals surface area (Å²) < 4.78 is 5.54. The predicted molar refractivity (Wildman–Crippen MR) is 65.1 cm³/mol. The van der Waals surface area contributed by atoms with Gasteiger partial charge in [-0.2, -0.15) is 0 Å². The van der Waals surface area contributed by atoms with E-state index < -0.39 is 0 Å². The Morgan fingerprint density at radius 2 is 1.87 bits per heavy atom. The van der Waals surface area contributed by atoms with Gasteiger partial charge in [0.2, 0.25) is 0 Å². The first kappa shape index (κ1) is 13.0. The van der Waals surface area contributed by atoms with E-state index in [0.717, 1.165) is 25.0 Å². The number of nitrogens with zero attached hydrogens (tertiary/aromatic N) is 1. The van der Waals surface area contributed by atoms with E-state index in [1.165, 1.54) is 25.9 Å². The van der Waals surface area contributed by atoms with Crippen LogP contribution in [0.3, 0.4) is 0 Å². The Kier molecular flexibility index (Phi) is 5.62. The number of likely N-dealkylation sites (tertiary alicyclic amines) is 1. The topological polar surface area (TPSA) is 12.5 Å². The zero-order valence-electron chi connectivity index (χ0n) is 10.8. The summed E-state index contributed by atoms with van der Waals surface area (Å²) in [6.07, 6.45) is 2.70. The number of ether oxygens (including phenoxy) is 1. The van der Waals surface area contributed by atoms with E-state index in [9.17, 15) is 0 Å². The van der Waals surface area contributed by atoms with E-state index in [1.807, 2.05) is 13.8 Å².